The van der Waals surface area contributed by atoms with Crippen LogP contribution in [0, 0.1) is 0 Å². The molecule has 3 atom stereocenters. The molecular formula is C15H30N2O3. The minimum Gasteiger partial charge on any atom is -0.389 e. The number of methoxy groups -OCH3 is 1. The molecule has 2 aliphatic rings. The number of ether oxygens (including phenoxy) is 2. The molecule has 0 aliphatic carbocycles. The zero-order valence-corrected chi connectivity index (χ0v) is 13.0. The molecule has 2 aliphatic heterocycles. The van der Waals surface area contributed by atoms with Crippen molar-refractivity contribution in [3.63, 3.8) is 0 Å². The molecule has 0 bridgehead atoms. The predicted molar refractivity (Wildman–Crippen MR) is 78.9 cm³/mol. The van der Waals surface area contributed by atoms with Crippen LogP contribution in [0.25, 0.3) is 0 Å². The van der Waals surface area contributed by atoms with Crippen LogP contribution in [0.3, 0.4) is 0 Å². The average Bonchev–Trinajstić information content (AvgIpc) is 2.45. The standard InChI is InChI=1S/C15H30N2O3/c1-13(11-19-2)20-12-15(18)10-16-7-8-17-6-4-3-5-14(17)9-16/h13-15,18H,3-12H2,1-2H3. The second-order valence-electron chi connectivity index (χ2n) is 6.20. The van der Waals surface area contributed by atoms with Crippen LogP contribution in [0.2, 0.25) is 0 Å². The largest absolute Gasteiger partial charge is 0.389 e. The van der Waals surface area contributed by atoms with Gasteiger partial charge in [-0.05, 0) is 26.3 Å². The molecular weight excluding hydrogens is 256 g/mol. The lowest BCUT2D eigenvalue weighted by atomic mass is 9.99. The summed E-state index contributed by atoms with van der Waals surface area (Å²) >= 11 is 0. The highest BCUT2D eigenvalue weighted by atomic mass is 16.5. The van der Waals surface area contributed by atoms with E-state index in [0.717, 1.165) is 26.2 Å². The number of aliphatic hydroxyl groups excluding tert-OH is 1. The van der Waals surface area contributed by atoms with E-state index in [4.69, 9.17) is 9.47 Å². The molecule has 2 saturated heterocycles. The maximum Gasteiger partial charge on any atom is 0.0900 e. The summed E-state index contributed by atoms with van der Waals surface area (Å²) < 4.78 is 10.6. The summed E-state index contributed by atoms with van der Waals surface area (Å²) in [5.41, 5.74) is 0. The van der Waals surface area contributed by atoms with Gasteiger partial charge in [0.05, 0.1) is 25.4 Å². The number of β-amino-alcohol motifs (C(OH)–C–C–N with tert-alkyl or cyclic N) is 1. The van der Waals surface area contributed by atoms with Gasteiger partial charge in [0.15, 0.2) is 0 Å². The van der Waals surface area contributed by atoms with E-state index >= 15 is 0 Å². The molecule has 0 radical (unpaired) electrons. The van der Waals surface area contributed by atoms with Gasteiger partial charge in [-0.15, -0.1) is 0 Å². The first-order valence-electron chi connectivity index (χ1n) is 7.94. The maximum atomic E-state index is 10.1. The van der Waals surface area contributed by atoms with Crippen molar-refractivity contribution in [3.05, 3.63) is 0 Å². The fourth-order valence-electron chi connectivity index (χ4n) is 3.30. The topological polar surface area (TPSA) is 45.2 Å². The first kappa shape index (κ1) is 16.2. The van der Waals surface area contributed by atoms with Crippen molar-refractivity contribution in [3.8, 4) is 0 Å². The summed E-state index contributed by atoms with van der Waals surface area (Å²) in [6.45, 7) is 8.26. The van der Waals surface area contributed by atoms with Crippen LogP contribution in [0.1, 0.15) is 26.2 Å². The molecule has 2 rings (SSSR count). The van der Waals surface area contributed by atoms with Gasteiger partial charge in [-0.2, -0.15) is 0 Å². The van der Waals surface area contributed by atoms with Crippen molar-refractivity contribution in [2.24, 2.45) is 0 Å². The van der Waals surface area contributed by atoms with Crippen LogP contribution < -0.4 is 0 Å². The number of rotatable bonds is 7. The number of aliphatic hydroxyl groups is 1. The van der Waals surface area contributed by atoms with Crippen LogP contribution in [-0.4, -0.2) is 86.2 Å². The molecule has 118 valence electrons. The second-order valence-corrected chi connectivity index (χ2v) is 6.20. The molecule has 0 aromatic heterocycles. The molecule has 0 spiro atoms. The Bertz CT molecular complexity index is 278. The quantitative estimate of drug-likeness (QED) is 0.741. The Labute approximate surface area is 122 Å². The third-order valence-electron chi connectivity index (χ3n) is 4.36. The first-order valence-corrected chi connectivity index (χ1v) is 7.94. The van der Waals surface area contributed by atoms with E-state index in [1.54, 1.807) is 7.11 Å². The number of piperidine rings is 1. The van der Waals surface area contributed by atoms with Crippen LogP contribution >= 0.6 is 0 Å². The zero-order chi connectivity index (χ0) is 14.4. The molecule has 2 fully saturated rings. The molecule has 0 aromatic rings. The zero-order valence-electron chi connectivity index (χ0n) is 13.0. The van der Waals surface area contributed by atoms with Gasteiger partial charge in [-0.25, -0.2) is 0 Å². The van der Waals surface area contributed by atoms with Gasteiger partial charge in [0.1, 0.15) is 0 Å². The third-order valence-corrected chi connectivity index (χ3v) is 4.36. The van der Waals surface area contributed by atoms with Gasteiger partial charge >= 0.3 is 0 Å². The van der Waals surface area contributed by atoms with Gasteiger partial charge in [0, 0.05) is 39.3 Å². The highest BCUT2D eigenvalue weighted by molar-refractivity contribution is 4.85. The molecule has 20 heavy (non-hydrogen) atoms. The molecule has 5 nitrogen and oxygen atoms in total. The molecule has 1 N–H and O–H groups in total. The Hall–Kier alpha value is -0.200. The van der Waals surface area contributed by atoms with Gasteiger partial charge in [-0.3, -0.25) is 9.80 Å². The smallest absolute Gasteiger partial charge is 0.0900 e. The van der Waals surface area contributed by atoms with Gasteiger partial charge in [0.2, 0.25) is 0 Å². The van der Waals surface area contributed by atoms with E-state index in [9.17, 15) is 5.11 Å². The van der Waals surface area contributed by atoms with Crippen molar-refractivity contribution in [1.82, 2.24) is 9.80 Å². The average molecular weight is 286 g/mol. The lowest BCUT2D eigenvalue weighted by Gasteiger charge is -2.44. The third kappa shape index (κ3) is 4.97. The molecule has 5 heteroatoms. The number of fused-ring (bicyclic) bond motifs is 1. The van der Waals surface area contributed by atoms with Crippen molar-refractivity contribution < 1.29 is 14.6 Å². The molecule has 3 unspecified atom stereocenters. The lowest BCUT2D eigenvalue weighted by Crippen LogP contribution is -2.56. The van der Waals surface area contributed by atoms with Gasteiger partial charge in [0.25, 0.3) is 0 Å². The van der Waals surface area contributed by atoms with Crippen molar-refractivity contribution in [2.45, 2.75) is 44.4 Å². The SMILES string of the molecule is COCC(C)OCC(O)CN1CCN2CCCCC2C1. The summed E-state index contributed by atoms with van der Waals surface area (Å²) in [6.07, 6.45) is 3.67. The molecule has 0 aromatic carbocycles. The Morgan fingerprint density at radius 3 is 2.85 bits per heavy atom. The van der Waals surface area contributed by atoms with E-state index in [0.29, 0.717) is 19.3 Å². The normalized spacial score (nSPS) is 28.1. The van der Waals surface area contributed by atoms with Crippen LogP contribution in [0.15, 0.2) is 0 Å². The van der Waals surface area contributed by atoms with Gasteiger partial charge < -0.3 is 14.6 Å². The summed E-state index contributed by atoms with van der Waals surface area (Å²) in [4.78, 5) is 5.01. The monoisotopic (exact) mass is 286 g/mol. The Balaban J connectivity index is 1.65. The molecule has 2 heterocycles. The summed E-state index contributed by atoms with van der Waals surface area (Å²) in [6, 6.07) is 0.707. The fourth-order valence-corrected chi connectivity index (χ4v) is 3.30. The van der Waals surface area contributed by atoms with E-state index < -0.39 is 6.10 Å². The predicted octanol–water partition coefficient (Wildman–Crippen LogP) is 0.569. The van der Waals surface area contributed by atoms with Gasteiger partial charge in [-0.1, -0.05) is 6.42 Å². The molecule has 0 amide bonds. The minimum absolute atomic E-state index is 0.0461. The Morgan fingerprint density at radius 2 is 2.05 bits per heavy atom. The summed E-state index contributed by atoms with van der Waals surface area (Å²) in [7, 11) is 1.67. The van der Waals surface area contributed by atoms with Crippen molar-refractivity contribution in [1.29, 1.82) is 0 Å². The number of hydrogen-bond donors (Lipinski definition) is 1. The number of nitrogens with zero attached hydrogens (tertiary/aromatic N) is 2. The van der Waals surface area contributed by atoms with Crippen molar-refractivity contribution in [2.75, 3.05) is 53.0 Å². The van der Waals surface area contributed by atoms with E-state index in [2.05, 4.69) is 9.80 Å². The second kappa shape index (κ2) is 8.29. The van der Waals surface area contributed by atoms with E-state index in [-0.39, 0.29) is 6.10 Å². The lowest BCUT2D eigenvalue weighted by molar-refractivity contribution is -0.0474. The number of hydrogen-bond acceptors (Lipinski definition) is 5. The highest BCUT2D eigenvalue weighted by Gasteiger charge is 2.29. The first-order chi connectivity index (χ1) is 9.69. The minimum atomic E-state index is -0.399. The fraction of sp³-hybridized carbons (Fsp3) is 1.00. The summed E-state index contributed by atoms with van der Waals surface area (Å²) in [5, 5.41) is 10.1. The van der Waals surface area contributed by atoms with Crippen LogP contribution in [0.4, 0.5) is 0 Å². The summed E-state index contributed by atoms with van der Waals surface area (Å²) in [5.74, 6) is 0. The van der Waals surface area contributed by atoms with E-state index in [1.807, 2.05) is 6.92 Å². The highest BCUT2D eigenvalue weighted by Crippen LogP contribution is 2.21. The van der Waals surface area contributed by atoms with Crippen LogP contribution in [-0.2, 0) is 9.47 Å². The van der Waals surface area contributed by atoms with Crippen molar-refractivity contribution >= 4 is 0 Å². The molecule has 0 saturated carbocycles. The van der Waals surface area contributed by atoms with Crippen LogP contribution in [0.5, 0.6) is 0 Å². The number of piperazine rings is 1. The Kier molecular flexibility index (Phi) is 6.71. The van der Waals surface area contributed by atoms with E-state index in [1.165, 1.54) is 25.8 Å². The Morgan fingerprint density at radius 1 is 1.20 bits per heavy atom. The maximum absolute atomic E-state index is 10.1.